The third kappa shape index (κ3) is 4.51. The molecule has 0 heterocycles. The fraction of sp³-hybridized carbons (Fsp3) is 0.500. The molecule has 2 N–H and O–H groups in total. The van der Waals surface area contributed by atoms with Crippen LogP contribution in [0.1, 0.15) is 22.3 Å². The molecule has 124 valence electrons. The van der Waals surface area contributed by atoms with Gasteiger partial charge in [-0.1, -0.05) is 6.07 Å². The van der Waals surface area contributed by atoms with Crippen molar-refractivity contribution in [3.63, 3.8) is 0 Å². The van der Waals surface area contributed by atoms with E-state index in [1.54, 1.807) is 0 Å². The van der Waals surface area contributed by atoms with E-state index in [1.807, 2.05) is 0 Å². The molecule has 8 heteroatoms. The highest BCUT2D eigenvalue weighted by molar-refractivity contribution is 7.89. The van der Waals surface area contributed by atoms with Gasteiger partial charge in [-0.25, -0.2) is 17.9 Å². The van der Waals surface area contributed by atoms with Crippen LogP contribution in [0, 0.1) is 6.92 Å². The second-order valence-corrected chi connectivity index (χ2v) is 6.39. The van der Waals surface area contributed by atoms with Crippen LogP contribution >= 0.6 is 0 Å². The third-order valence-corrected chi connectivity index (χ3v) is 4.81. The van der Waals surface area contributed by atoms with Crippen LogP contribution in [0.4, 0.5) is 0 Å². The Morgan fingerprint density at radius 1 is 1.36 bits per heavy atom. The van der Waals surface area contributed by atoms with Crippen LogP contribution in [0.2, 0.25) is 0 Å². The van der Waals surface area contributed by atoms with Crippen molar-refractivity contribution in [1.82, 2.24) is 4.72 Å². The Labute approximate surface area is 130 Å². The van der Waals surface area contributed by atoms with Gasteiger partial charge in [0.15, 0.2) is 0 Å². The van der Waals surface area contributed by atoms with Crippen molar-refractivity contribution in [3.8, 4) is 0 Å². The van der Waals surface area contributed by atoms with E-state index in [9.17, 15) is 13.2 Å². The summed E-state index contributed by atoms with van der Waals surface area (Å²) in [5.74, 6) is -0.599. The first-order valence-electron chi connectivity index (χ1n) is 6.67. The van der Waals surface area contributed by atoms with Crippen LogP contribution in [0.15, 0.2) is 23.1 Å². The molecule has 0 aliphatic carbocycles. The Balaban J connectivity index is 3.14. The van der Waals surface area contributed by atoms with Gasteiger partial charge >= 0.3 is 5.97 Å². The van der Waals surface area contributed by atoms with Crippen LogP contribution in [-0.4, -0.2) is 53.0 Å². The van der Waals surface area contributed by atoms with E-state index in [0.717, 1.165) is 0 Å². The van der Waals surface area contributed by atoms with E-state index >= 15 is 0 Å². The minimum Gasteiger partial charge on any atom is -0.465 e. The van der Waals surface area contributed by atoms with Crippen molar-refractivity contribution in [3.05, 3.63) is 29.3 Å². The summed E-state index contributed by atoms with van der Waals surface area (Å²) in [6.07, 6.45) is 0.225. The summed E-state index contributed by atoms with van der Waals surface area (Å²) in [6.45, 7) is 1.51. The second kappa shape index (κ2) is 8.23. The molecule has 0 spiro atoms. The lowest BCUT2D eigenvalue weighted by Gasteiger charge is -2.18. The minimum absolute atomic E-state index is 0.00515. The Hall–Kier alpha value is -1.48. The third-order valence-electron chi connectivity index (χ3n) is 3.15. The van der Waals surface area contributed by atoms with E-state index in [-0.39, 0.29) is 30.1 Å². The van der Waals surface area contributed by atoms with Gasteiger partial charge in [0.05, 0.1) is 24.2 Å². The zero-order valence-corrected chi connectivity index (χ0v) is 13.6. The Kier molecular flexibility index (Phi) is 6.95. The number of nitrogens with one attached hydrogen (secondary N) is 1. The molecule has 1 aromatic rings. The molecular weight excluding hydrogens is 310 g/mol. The van der Waals surface area contributed by atoms with Gasteiger partial charge < -0.3 is 14.6 Å². The topological polar surface area (TPSA) is 102 Å². The number of hydrogen-bond acceptors (Lipinski definition) is 6. The molecule has 22 heavy (non-hydrogen) atoms. The van der Waals surface area contributed by atoms with E-state index in [2.05, 4.69) is 9.46 Å². The van der Waals surface area contributed by atoms with Crippen molar-refractivity contribution < 1.29 is 27.8 Å². The van der Waals surface area contributed by atoms with Crippen LogP contribution in [0.25, 0.3) is 0 Å². The van der Waals surface area contributed by atoms with E-state index in [1.165, 1.54) is 39.3 Å². The van der Waals surface area contributed by atoms with Crippen molar-refractivity contribution in [2.75, 3.05) is 27.4 Å². The van der Waals surface area contributed by atoms with Crippen molar-refractivity contribution in [1.29, 1.82) is 0 Å². The predicted molar refractivity (Wildman–Crippen MR) is 80.2 cm³/mol. The highest BCUT2D eigenvalue weighted by Crippen LogP contribution is 2.20. The maximum atomic E-state index is 12.5. The first-order chi connectivity index (χ1) is 10.4. The molecule has 1 aromatic carbocycles. The SMILES string of the molecule is COC[C@H](CCO)NS(=O)(=O)c1cccc(C(=O)OC)c1C. The van der Waals surface area contributed by atoms with Gasteiger partial charge in [-0.15, -0.1) is 0 Å². The highest BCUT2D eigenvalue weighted by Gasteiger charge is 2.24. The van der Waals surface area contributed by atoms with Crippen molar-refractivity contribution in [2.24, 2.45) is 0 Å². The number of esters is 1. The second-order valence-electron chi connectivity index (χ2n) is 4.71. The summed E-state index contributed by atoms with van der Waals surface area (Å²) in [5.41, 5.74) is 0.498. The Morgan fingerprint density at radius 2 is 2.05 bits per heavy atom. The standard InChI is InChI=1S/C14H21NO6S/c1-10-12(14(17)21-3)5-4-6-13(10)22(18,19)15-11(7-8-16)9-20-2/h4-6,11,15-16H,7-9H2,1-3H3/t11-/m0/s1. The molecule has 0 saturated heterocycles. The predicted octanol–water partition coefficient (Wildman–Crippen LogP) is 0.457. The molecule has 0 radical (unpaired) electrons. The van der Waals surface area contributed by atoms with Gasteiger partial charge in [0.25, 0.3) is 0 Å². The summed E-state index contributed by atoms with van der Waals surface area (Å²) in [7, 11) is -1.17. The zero-order valence-electron chi connectivity index (χ0n) is 12.8. The van der Waals surface area contributed by atoms with Crippen molar-refractivity contribution >= 4 is 16.0 Å². The molecule has 0 aliphatic heterocycles. The lowest BCUT2D eigenvalue weighted by molar-refractivity contribution is 0.0599. The fourth-order valence-corrected chi connectivity index (χ4v) is 3.58. The van der Waals surface area contributed by atoms with Gasteiger partial charge in [0.2, 0.25) is 10.0 Å². The fourth-order valence-electron chi connectivity index (χ4n) is 2.05. The average Bonchev–Trinajstić information content (AvgIpc) is 2.46. The molecule has 1 rings (SSSR count). The molecule has 7 nitrogen and oxygen atoms in total. The first-order valence-corrected chi connectivity index (χ1v) is 8.15. The van der Waals surface area contributed by atoms with Crippen molar-refractivity contribution in [2.45, 2.75) is 24.3 Å². The van der Waals surface area contributed by atoms with Gasteiger partial charge in [0, 0.05) is 19.8 Å². The monoisotopic (exact) mass is 331 g/mol. The van der Waals surface area contributed by atoms with E-state index < -0.39 is 22.0 Å². The minimum atomic E-state index is -3.85. The summed E-state index contributed by atoms with van der Waals surface area (Å²) in [6, 6.07) is 3.83. The van der Waals surface area contributed by atoms with Crippen LogP contribution in [0.5, 0.6) is 0 Å². The Bertz CT molecular complexity index is 608. The highest BCUT2D eigenvalue weighted by atomic mass is 32.2. The molecular formula is C14H21NO6S. The van der Waals surface area contributed by atoms with E-state index in [4.69, 9.17) is 9.84 Å². The summed E-state index contributed by atoms with van der Waals surface area (Å²) >= 11 is 0. The molecule has 0 bridgehead atoms. The first kappa shape index (κ1) is 18.6. The smallest absolute Gasteiger partial charge is 0.338 e. The number of ether oxygens (including phenoxy) is 2. The van der Waals surface area contributed by atoms with Crippen LogP contribution < -0.4 is 4.72 Å². The van der Waals surface area contributed by atoms with Gasteiger partial charge in [0.1, 0.15) is 0 Å². The molecule has 0 unspecified atom stereocenters. The lowest BCUT2D eigenvalue weighted by atomic mass is 10.1. The summed E-state index contributed by atoms with van der Waals surface area (Å²) < 4.78 is 37.0. The summed E-state index contributed by atoms with van der Waals surface area (Å²) in [5, 5.41) is 8.98. The van der Waals surface area contributed by atoms with Gasteiger partial charge in [-0.05, 0) is 31.0 Å². The normalized spacial score (nSPS) is 12.9. The number of sulfonamides is 1. The number of aliphatic hydroxyl groups excluding tert-OH is 1. The molecule has 1 atom stereocenters. The van der Waals surface area contributed by atoms with Gasteiger partial charge in [-0.3, -0.25) is 0 Å². The quantitative estimate of drug-likeness (QED) is 0.671. The molecule has 0 fully saturated rings. The Morgan fingerprint density at radius 3 is 2.59 bits per heavy atom. The number of carbonyl (C=O) groups excluding carboxylic acids is 1. The largest absolute Gasteiger partial charge is 0.465 e. The maximum Gasteiger partial charge on any atom is 0.338 e. The molecule has 0 saturated carbocycles. The average molecular weight is 331 g/mol. The molecule has 0 amide bonds. The number of hydrogen-bond donors (Lipinski definition) is 2. The number of rotatable bonds is 8. The number of methoxy groups -OCH3 is 2. The summed E-state index contributed by atoms with van der Waals surface area (Å²) in [4.78, 5) is 11.6. The number of aliphatic hydroxyl groups is 1. The van der Waals surface area contributed by atoms with Crippen LogP contribution in [0.3, 0.4) is 0 Å². The van der Waals surface area contributed by atoms with E-state index in [0.29, 0.717) is 5.56 Å². The molecule has 0 aliphatic rings. The number of carbonyl (C=O) groups is 1. The maximum absolute atomic E-state index is 12.5. The van der Waals surface area contributed by atoms with Gasteiger partial charge in [-0.2, -0.15) is 0 Å². The lowest BCUT2D eigenvalue weighted by Crippen LogP contribution is -2.39. The van der Waals surface area contributed by atoms with Crippen LogP contribution in [-0.2, 0) is 19.5 Å². The molecule has 0 aromatic heterocycles. The zero-order chi connectivity index (χ0) is 16.8. The number of benzene rings is 1.